The Labute approximate surface area is 126 Å². The highest BCUT2D eigenvalue weighted by atomic mass is 79.9. The van der Waals surface area contributed by atoms with Gasteiger partial charge in [0.25, 0.3) is 0 Å². The number of hydrogen-bond acceptors (Lipinski definition) is 3. The number of pyridine rings is 1. The van der Waals surface area contributed by atoms with Gasteiger partial charge in [-0.25, -0.2) is 9.97 Å². The molecule has 19 heavy (non-hydrogen) atoms. The number of nitrogens with zero attached hydrogens (tertiary/aromatic N) is 2. The van der Waals surface area contributed by atoms with Gasteiger partial charge in [-0.2, -0.15) is 0 Å². The van der Waals surface area contributed by atoms with Gasteiger partial charge in [0.05, 0.1) is 11.2 Å². The number of hydrogen-bond donors (Lipinski definition) is 2. The third kappa shape index (κ3) is 2.15. The summed E-state index contributed by atoms with van der Waals surface area (Å²) in [4.78, 5) is 12.0. The number of imidazole rings is 1. The highest BCUT2D eigenvalue weighted by Crippen LogP contribution is 2.34. The lowest BCUT2D eigenvalue weighted by molar-refractivity contribution is 1.30. The van der Waals surface area contributed by atoms with Crippen LogP contribution in [0.25, 0.3) is 22.6 Å². The summed E-state index contributed by atoms with van der Waals surface area (Å²) in [7, 11) is 0. The molecule has 0 saturated carbocycles. The number of aromatic nitrogens is 3. The summed E-state index contributed by atoms with van der Waals surface area (Å²) < 4.78 is 1.77. The third-order valence-corrected chi connectivity index (χ3v) is 4.06. The number of halogens is 2. The van der Waals surface area contributed by atoms with Crippen LogP contribution >= 0.6 is 31.9 Å². The van der Waals surface area contributed by atoms with Crippen molar-refractivity contribution in [3.8, 4) is 11.4 Å². The molecule has 2 heterocycles. The summed E-state index contributed by atoms with van der Waals surface area (Å²) >= 11 is 6.90. The molecule has 0 radical (unpaired) electrons. The van der Waals surface area contributed by atoms with E-state index in [0.717, 1.165) is 31.4 Å². The van der Waals surface area contributed by atoms with Crippen LogP contribution in [0, 0.1) is 6.92 Å². The smallest absolute Gasteiger partial charge is 0.178 e. The lowest BCUT2D eigenvalue weighted by Gasteiger charge is -2.05. The highest BCUT2D eigenvalue weighted by molar-refractivity contribution is 9.11. The van der Waals surface area contributed by atoms with Crippen LogP contribution in [0.3, 0.4) is 0 Å². The third-order valence-electron chi connectivity index (χ3n) is 2.95. The molecule has 0 saturated heterocycles. The Balaban J connectivity index is 2.28. The summed E-state index contributed by atoms with van der Waals surface area (Å²) in [6, 6.07) is 5.79. The predicted octanol–water partition coefficient (Wildman–Crippen LogP) is 4.04. The van der Waals surface area contributed by atoms with Crippen LogP contribution in [0.4, 0.5) is 5.69 Å². The van der Waals surface area contributed by atoms with Crippen molar-refractivity contribution in [1.82, 2.24) is 15.0 Å². The fourth-order valence-corrected chi connectivity index (χ4v) is 3.17. The van der Waals surface area contributed by atoms with Crippen molar-refractivity contribution in [3.63, 3.8) is 0 Å². The number of nitrogen functional groups attached to an aromatic ring is 1. The molecule has 1 aromatic carbocycles. The lowest BCUT2D eigenvalue weighted by Crippen LogP contribution is -1.93. The molecule has 3 N–H and O–H groups in total. The van der Waals surface area contributed by atoms with Gasteiger partial charge in [0.15, 0.2) is 5.65 Å². The monoisotopic (exact) mass is 380 g/mol. The largest absolute Gasteiger partial charge is 0.397 e. The first-order valence-electron chi connectivity index (χ1n) is 5.62. The van der Waals surface area contributed by atoms with E-state index in [-0.39, 0.29) is 0 Å². The maximum atomic E-state index is 6.10. The van der Waals surface area contributed by atoms with E-state index in [9.17, 15) is 0 Å². The van der Waals surface area contributed by atoms with Gasteiger partial charge < -0.3 is 10.7 Å². The minimum absolute atomic E-state index is 0.653. The number of aromatic amines is 1. The van der Waals surface area contributed by atoms with Crippen LogP contribution in [0.1, 0.15) is 5.56 Å². The molecule has 0 aliphatic heterocycles. The molecule has 0 bridgehead atoms. The van der Waals surface area contributed by atoms with E-state index >= 15 is 0 Å². The molecule has 2 aromatic heterocycles. The maximum absolute atomic E-state index is 6.10. The van der Waals surface area contributed by atoms with Gasteiger partial charge in [-0.05, 0) is 46.6 Å². The minimum Gasteiger partial charge on any atom is -0.397 e. The normalized spacial score (nSPS) is 11.1. The number of aryl methyl sites for hydroxylation is 1. The molecule has 96 valence electrons. The zero-order valence-corrected chi connectivity index (χ0v) is 13.2. The van der Waals surface area contributed by atoms with Crippen LogP contribution in [-0.4, -0.2) is 15.0 Å². The Morgan fingerprint density at radius 2 is 2.05 bits per heavy atom. The second kappa shape index (κ2) is 4.61. The Hall–Kier alpha value is -1.40. The van der Waals surface area contributed by atoms with E-state index < -0.39 is 0 Å². The summed E-state index contributed by atoms with van der Waals surface area (Å²) in [5.74, 6) is 0.719. The van der Waals surface area contributed by atoms with E-state index in [4.69, 9.17) is 5.73 Å². The second-order valence-corrected chi connectivity index (χ2v) is 6.03. The first-order valence-corrected chi connectivity index (χ1v) is 7.21. The molecule has 0 spiro atoms. The number of nitrogens with two attached hydrogens (primary N) is 1. The number of nitrogens with one attached hydrogen (secondary N) is 1. The van der Waals surface area contributed by atoms with Gasteiger partial charge >= 0.3 is 0 Å². The highest BCUT2D eigenvalue weighted by Gasteiger charge is 2.13. The molecular formula is C13H10Br2N4. The molecule has 0 atom stereocenters. The predicted molar refractivity (Wildman–Crippen MR) is 83.9 cm³/mol. The van der Waals surface area contributed by atoms with Crippen LogP contribution in [0.15, 0.2) is 33.3 Å². The first-order chi connectivity index (χ1) is 9.06. The molecular weight excluding hydrogens is 372 g/mol. The van der Waals surface area contributed by atoms with Gasteiger partial charge in [-0.15, -0.1) is 0 Å². The van der Waals surface area contributed by atoms with Gasteiger partial charge in [0.1, 0.15) is 5.82 Å². The van der Waals surface area contributed by atoms with Crippen molar-refractivity contribution >= 4 is 48.7 Å². The molecule has 0 fully saturated rings. The van der Waals surface area contributed by atoms with Gasteiger partial charge in [-0.3, -0.25) is 0 Å². The van der Waals surface area contributed by atoms with Crippen molar-refractivity contribution in [3.05, 3.63) is 38.9 Å². The standard InChI is InChI=1S/C13H10Br2N4/c1-6-2-3-17-13-11(6)18-12(19-13)8-4-7(14)5-9(15)10(8)16/h2-5H,16H2,1H3,(H,17,18,19). The molecule has 0 amide bonds. The quantitative estimate of drug-likeness (QED) is 0.625. The van der Waals surface area contributed by atoms with Gasteiger partial charge in [0.2, 0.25) is 0 Å². The van der Waals surface area contributed by atoms with E-state index in [1.165, 1.54) is 0 Å². The van der Waals surface area contributed by atoms with E-state index in [1.54, 1.807) is 6.20 Å². The fraction of sp³-hybridized carbons (Fsp3) is 0.0769. The molecule has 3 aromatic rings. The van der Waals surface area contributed by atoms with Crippen molar-refractivity contribution in [2.75, 3.05) is 5.73 Å². The average molecular weight is 382 g/mol. The van der Waals surface area contributed by atoms with Crippen molar-refractivity contribution in [1.29, 1.82) is 0 Å². The lowest BCUT2D eigenvalue weighted by atomic mass is 10.2. The van der Waals surface area contributed by atoms with E-state index in [0.29, 0.717) is 11.3 Å². The Kier molecular flexibility index (Phi) is 3.06. The molecule has 0 aliphatic rings. The van der Waals surface area contributed by atoms with Crippen LogP contribution in [0.5, 0.6) is 0 Å². The fourth-order valence-electron chi connectivity index (χ4n) is 1.94. The molecule has 4 nitrogen and oxygen atoms in total. The van der Waals surface area contributed by atoms with Gasteiger partial charge in [-0.1, -0.05) is 15.9 Å². The summed E-state index contributed by atoms with van der Waals surface area (Å²) in [6.45, 7) is 2.02. The zero-order chi connectivity index (χ0) is 13.6. The zero-order valence-electron chi connectivity index (χ0n) is 10.0. The number of rotatable bonds is 1. The maximum Gasteiger partial charge on any atom is 0.178 e. The summed E-state index contributed by atoms with van der Waals surface area (Å²) in [5, 5.41) is 0. The topological polar surface area (TPSA) is 67.6 Å². The van der Waals surface area contributed by atoms with Crippen molar-refractivity contribution in [2.45, 2.75) is 6.92 Å². The molecule has 0 aliphatic carbocycles. The van der Waals surface area contributed by atoms with Crippen LogP contribution in [0.2, 0.25) is 0 Å². The molecule has 0 unspecified atom stereocenters. The van der Waals surface area contributed by atoms with Gasteiger partial charge in [0, 0.05) is 20.7 Å². The average Bonchev–Trinajstić information content (AvgIpc) is 2.79. The number of H-pyrrole nitrogens is 1. The summed E-state index contributed by atoms with van der Waals surface area (Å²) in [5.41, 5.74) is 10.3. The number of fused-ring (bicyclic) bond motifs is 1. The Morgan fingerprint density at radius 3 is 2.79 bits per heavy atom. The van der Waals surface area contributed by atoms with Crippen molar-refractivity contribution in [2.24, 2.45) is 0 Å². The second-order valence-electron chi connectivity index (χ2n) is 4.26. The summed E-state index contributed by atoms with van der Waals surface area (Å²) in [6.07, 6.45) is 1.75. The molecule has 6 heteroatoms. The first kappa shape index (κ1) is 12.6. The molecule has 3 rings (SSSR count). The number of benzene rings is 1. The SMILES string of the molecule is Cc1ccnc2nc(-c3cc(Br)cc(Br)c3N)[nH]c12. The van der Waals surface area contributed by atoms with Crippen LogP contribution < -0.4 is 5.73 Å². The Bertz CT molecular complexity index is 780. The minimum atomic E-state index is 0.653. The van der Waals surface area contributed by atoms with E-state index in [2.05, 4.69) is 46.8 Å². The number of anilines is 1. The Morgan fingerprint density at radius 1 is 1.26 bits per heavy atom. The van der Waals surface area contributed by atoms with E-state index in [1.807, 2.05) is 25.1 Å². The van der Waals surface area contributed by atoms with Crippen LogP contribution in [-0.2, 0) is 0 Å². The van der Waals surface area contributed by atoms with Crippen molar-refractivity contribution < 1.29 is 0 Å².